The van der Waals surface area contributed by atoms with Gasteiger partial charge in [-0.25, -0.2) is 4.79 Å². The molecule has 5 rings (SSSR count). The number of aliphatic hydroxyl groups is 1. The zero-order valence-corrected chi connectivity index (χ0v) is 27.9. The average Bonchev–Trinajstić information content (AvgIpc) is 2.97. The molecule has 0 aromatic heterocycles. The molecule has 0 spiro atoms. The molecule has 2 amide bonds. The SMILES string of the molecule is COc1c(C)cc2c(c1C)[C@@H]1[C@@H]3CC4=C(C(=O)C(O)=C(C)C4=O)[C@H](CNC(=O)[C@H](C)NC(=O)OC(C)(C)C)N3[C@@H](C#N)[C@@H](C2)N1C. The number of carbonyl (C=O) groups excluding carboxylic acids is 4. The van der Waals surface area contributed by atoms with Gasteiger partial charge >= 0.3 is 6.09 Å². The molecule has 0 saturated carbocycles. The monoisotopic (exact) mass is 633 g/mol. The van der Waals surface area contributed by atoms with Gasteiger partial charge in [0.15, 0.2) is 11.5 Å². The Morgan fingerprint density at radius 2 is 1.83 bits per heavy atom. The Morgan fingerprint density at radius 3 is 2.43 bits per heavy atom. The molecule has 6 atom stereocenters. The van der Waals surface area contributed by atoms with Crippen molar-refractivity contribution in [3.63, 3.8) is 0 Å². The van der Waals surface area contributed by atoms with Gasteiger partial charge in [-0.15, -0.1) is 0 Å². The molecule has 1 aromatic carbocycles. The number of allylic oxidation sites excluding steroid dienone is 2. The normalized spacial score (nSPS) is 26.8. The predicted molar refractivity (Wildman–Crippen MR) is 168 cm³/mol. The van der Waals surface area contributed by atoms with Crippen molar-refractivity contribution < 1.29 is 33.8 Å². The number of ketones is 2. The number of aliphatic hydroxyl groups excluding tert-OH is 1. The van der Waals surface area contributed by atoms with E-state index in [1.54, 1.807) is 27.9 Å². The van der Waals surface area contributed by atoms with Crippen LogP contribution in [0.15, 0.2) is 28.5 Å². The van der Waals surface area contributed by atoms with Gasteiger partial charge in [-0.05, 0) is 90.6 Å². The Hall–Kier alpha value is -4.21. The van der Waals surface area contributed by atoms with Gasteiger partial charge in [-0.1, -0.05) is 6.07 Å². The van der Waals surface area contributed by atoms with E-state index >= 15 is 0 Å². The summed E-state index contributed by atoms with van der Waals surface area (Å²) in [7, 11) is 3.63. The topological polar surface area (TPSA) is 161 Å². The van der Waals surface area contributed by atoms with E-state index in [2.05, 4.69) is 27.7 Å². The van der Waals surface area contributed by atoms with Crippen molar-refractivity contribution in [2.24, 2.45) is 0 Å². The second kappa shape index (κ2) is 11.9. The summed E-state index contributed by atoms with van der Waals surface area (Å²) in [4.78, 5) is 57.1. The minimum atomic E-state index is -0.981. The first-order valence-corrected chi connectivity index (χ1v) is 15.6. The molecule has 2 bridgehead atoms. The minimum Gasteiger partial charge on any atom is -0.504 e. The van der Waals surface area contributed by atoms with E-state index in [9.17, 15) is 29.5 Å². The van der Waals surface area contributed by atoms with E-state index < -0.39 is 59.1 Å². The molecule has 3 aliphatic heterocycles. The smallest absolute Gasteiger partial charge is 0.408 e. The van der Waals surface area contributed by atoms with Crippen molar-refractivity contribution in [3.8, 4) is 11.8 Å². The van der Waals surface area contributed by atoms with Gasteiger partial charge in [0.25, 0.3) is 0 Å². The number of hydrogen-bond donors (Lipinski definition) is 3. The predicted octanol–water partition coefficient (Wildman–Crippen LogP) is 2.87. The lowest BCUT2D eigenvalue weighted by Gasteiger charge is -2.60. The first-order valence-electron chi connectivity index (χ1n) is 15.6. The molecule has 46 heavy (non-hydrogen) atoms. The Labute approximate surface area is 269 Å². The first-order chi connectivity index (χ1) is 21.5. The number of ether oxygens (including phenoxy) is 2. The molecule has 12 heteroatoms. The first kappa shape index (κ1) is 33.2. The maximum Gasteiger partial charge on any atom is 0.408 e. The second-order valence-corrected chi connectivity index (χ2v) is 13.8. The summed E-state index contributed by atoms with van der Waals surface area (Å²) >= 11 is 0. The van der Waals surface area contributed by atoms with E-state index in [1.165, 1.54) is 13.8 Å². The number of benzene rings is 1. The summed E-state index contributed by atoms with van der Waals surface area (Å²) in [5, 5.41) is 26.7. The van der Waals surface area contributed by atoms with Gasteiger partial charge in [0.1, 0.15) is 23.4 Å². The van der Waals surface area contributed by atoms with Crippen LogP contribution in [0.2, 0.25) is 0 Å². The number of hydrogen-bond acceptors (Lipinski definition) is 10. The summed E-state index contributed by atoms with van der Waals surface area (Å²) in [6.45, 7) is 12.0. The quantitative estimate of drug-likeness (QED) is 0.411. The lowest BCUT2D eigenvalue weighted by Crippen LogP contribution is -2.71. The number of rotatable bonds is 5. The number of methoxy groups -OCH3 is 1. The molecule has 3 N–H and O–H groups in total. The molecular formula is C34H43N5O7. The van der Waals surface area contributed by atoms with Crippen molar-refractivity contribution in [2.75, 3.05) is 20.7 Å². The van der Waals surface area contributed by atoms with E-state index in [4.69, 9.17) is 9.47 Å². The van der Waals surface area contributed by atoms with Crippen LogP contribution in [-0.4, -0.2) is 95.0 Å². The van der Waals surface area contributed by atoms with Crippen LogP contribution in [-0.2, 0) is 25.5 Å². The van der Waals surface area contributed by atoms with E-state index in [1.807, 2.05) is 25.8 Å². The Bertz CT molecular complexity index is 1630. The van der Waals surface area contributed by atoms with Gasteiger partial charge in [-0.3, -0.25) is 24.2 Å². The van der Waals surface area contributed by atoms with Crippen LogP contribution >= 0.6 is 0 Å². The largest absolute Gasteiger partial charge is 0.504 e. The Balaban J connectivity index is 1.58. The van der Waals surface area contributed by atoms with Crippen LogP contribution in [0, 0.1) is 25.2 Å². The molecule has 1 fully saturated rings. The van der Waals surface area contributed by atoms with Crippen LogP contribution < -0.4 is 15.4 Å². The third kappa shape index (κ3) is 5.35. The summed E-state index contributed by atoms with van der Waals surface area (Å²) in [6, 6.07) is 1.10. The lowest BCUT2D eigenvalue weighted by atomic mass is 9.69. The van der Waals surface area contributed by atoms with Crippen molar-refractivity contribution in [1.29, 1.82) is 5.26 Å². The highest BCUT2D eigenvalue weighted by Crippen LogP contribution is 2.51. The molecular weight excluding hydrogens is 590 g/mol. The van der Waals surface area contributed by atoms with Crippen LogP contribution in [0.1, 0.15) is 69.3 Å². The number of alkyl carbamates (subject to hydrolysis) is 1. The molecule has 12 nitrogen and oxygen atoms in total. The molecule has 1 aliphatic carbocycles. The molecule has 4 aliphatic rings. The molecule has 0 unspecified atom stereocenters. The third-order valence-corrected chi connectivity index (χ3v) is 9.75. The highest BCUT2D eigenvalue weighted by atomic mass is 16.6. The number of nitrogens with one attached hydrogen (secondary N) is 2. The van der Waals surface area contributed by atoms with E-state index in [0.717, 1.165) is 28.0 Å². The number of likely N-dealkylation sites (N-methyl/N-ethyl adjacent to an activating group) is 1. The van der Waals surface area contributed by atoms with Crippen molar-refractivity contribution in [1.82, 2.24) is 20.4 Å². The molecule has 0 radical (unpaired) electrons. The zero-order chi connectivity index (χ0) is 34.0. The molecule has 1 aromatic rings. The summed E-state index contributed by atoms with van der Waals surface area (Å²) < 4.78 is 11.1. The number of aryl methyl sites for hydroxylation is 1. The Morgan fingerprint density at radius 1 is 1.15 bits per heavy atom. The average molecular weight is 634 g/mol. The fourth-order valence-corrected chi connectivity index (χ4v) is 7.81. The number of fused-ring (bicyclic) bond motifs is 6. The molecule has 246 valence electrons. The lowest BCUT2D eigenvalue weighted by molar-refractivity contribution is -0.125. The van der Waals surface area contributed by atoms with Gasteiger partial charge in [0.05, 0.1) is 25.3 Å². The van der Waals surface area contributed by atoms with Gasteiger partial charge in [0.2, 0.25) is 11.7 Å². The number of amides is 2. The van der Waals surface area contributed by atoms with Gasteiger partial charge in [0, 0.05) is 35.3 Å². The van der Waals surface area contributed by atoms with Crippen LogP contribution in [0.5, 0.6) is 5.75 Å². The van der Waals surface area contributed by atoms with Crippen LogP contribution in [0.4, 0.5) is 4.79 Å². The number of nitrogens with zero attached hydrogens (tertiary/aromatic N) is 3. The van der Waals surface area contributed by atoms with Crippen LogP contribution in [0.3, 0.4) is 0 Å². The number of carbonyl (C=O) groups is 4. The van der Waals surface area contributed by atoms with E-state index in [0.29, 0.717) is 6.42 Å². The van der Waals surface area contributed by atoms with Crippen LogP contribution in [0.25, 0.3) is 0 Å². The zero-order valence-electron chi connectivity index (χ0n) is 27.9. The fourth-order valence-electron chi connectivity index (χ4n) is 7.81. The van der Waals surface area contributed by atoms with Crippen molar-refractivity contribution in [2.45, 2.75) is 103 Å². The summed E-state index contributed by atoms with van der Waals surface area (Å²) in [6.07, 6.45) is 0.00205. The highest BCUT2D eigenvalue weighted by molar-refractivity contribution is 6.24. The van der Waals surface area contributed by atoms with Gasteiger partial charge in [-0.2, -0.15) is 5.26 Å². The fraction of sp³-hybridized carbons (Fsp3) is 0.559. The highest BCUT2D eigenvalue weighted by Gasteiger charge is 2.57. The summed E-state index contributed by atoms with van der Waals surface area (Å²) in [5.41, 5.74) is 3.77. The number of Topliss-reactive ketones (excluding diaryl/α,β-unsaturated/α-hetero) is 2. The summed E-state index contributed by atoms with van der Waals surface area (Å²) in [5.74, 6) is -1.49. The molecule has 1 saturated heterocycles. The maximum absolute atomic E-state index is 13.7. The Kier molecular flexibility index (Phi) is 8.55. The van der Waals surface area contributed by atoms with Crippen molar-refractivity contribution >= 4 is 23.6 Å². The third-order valence-electron chi connectivity index (χ3n) is 9.75. The number of nitriles is 1. The number of piperazine rings is 1. The van der Waals surface area contributed by atoms with Gasteiger partial charge < -0.3 is 25.2 Å². The molecule has 3 heterocycles. The second-order valence-electron chi connectivity index (χ2n) is 13.8. The standard InChI is InChI=1S/C34H43N5O7/c1-15-10-19-11-21-23(13-35)39-22(27(38(21)8)25(19)16(2)31(15)45-9)12-20-26(30(42)29(41)17(3)28(20)40)24(39)14-36-32(43)18(4)37-33(44)46-34(5,6)7/h10,18,21-24,27,41H,11-12,14H2,1-9H3,(H,36,43)(H,37,44)/t18-,21+,22-,23-,24-,27-/m0/s1. The van der Waals surface area contributed by atoms with Crippen molar-refractivity contribution in [3.05, 3.63) is 50.8 Å². The van der Waals surface area contributed by atoms with E-state index in [-0.39, 0.29) is 41.8 Å². The minimum absolute atomic E-state index is 0.0217. The maximum atomic E-state index is 13.7.